The molecule has 0 saturated carbocycles. The molecule has 1 atom stereocenters. The van der Waals surface area contributed by atoms with E-state index in [4.69, 9.17) is 5.11 Å². The summed E-state index contributed by atoms with van der Waals surface area (Å²) in [6, 6.07) is 0. The van der Waals surface area contributed by atoms with Crippen molar-refractivity contribution in [3.8, 4) is 0 Å². The quantitative estimate of drug-likeness (QED) is 0.665. The summed E-state index contributed by atoms with van der Waals surface area (Å²) in [6.07, 6.45) is 1.36. The Morgan fingerprint density at radius 1 is 1.45 bits per heavy atom. The van der Waals surface area contributed by atoms with Gasteiger partial charge in [0, 0.05) is 14.5 Å². The van der Waals surface area contributed by atoms with Crippen LogP contribution in [0.1, 0.15) is 19.8 Å². The average Bonchev–Trinajstić information content (AvgIpc) is 1.79. The maximum Gasteiger partial charge on any atom is 0.303 e. The van der Waals surface area contributed by atoms with E-state index in [1.807, 2.05) is 0 Å². The molecule has 1 N–H and O–H groups in total. The molecule has 0 radical (unpaired) electrons. The summed E-state index contributed by atoms with van der Waals surface area (Å²) in [7, 11) is -1.23. The zero-order valence-corrected chi connectivity index (χ0v) is 8.85. The Bertz CT molecular complexity index is 138. The van der Waals surface area contributed by atoms with E-state index in [9.17, 15) is 4.79 Å². The second kappa shape index (κ2) is 3.90. The predicted octanol–water partition coefficient (Wildman–Crippen LogP) is 2.58. The zero-order valence-electron chi connectivity index (χ0n) is 7.85. The van der Waals surface area contributed by atoms with Crippen molar-refractivity contribution in [1.29, 1.82) is 0 Å². The second-order valence-corrected chi connectivity index (χ2v) is 9.62. The van der Waals surface area contributed by atoms with E-state index < -0.39 is 14.0 Å². The van der Waals surface area contributed by atoms with E-state index in [1.165, 1.54) is 0 Å². The van der Waals surface area contributed by atoms with Gasteiger partial charge in [0.1, 0.15) is 0 Å². The second-order valence-electron chi connectivity index (χ2n) is 4.07. The standard InChI is InChI=1S/C8H18O2Si/c1-5-7(6-8(9)10)11(2,3)4/h7H,5-6H2,1-4H3,(H,9,10). The Morgan fingerprint density at radius 2 is 1.91 bits per heavy atom. The normalized spacial score (nSPS) is 14.5. The first-order chi connectivity index (χ1) is 4.88. The highest BCUT2D eigenvalue weighted by Crippen LogP contribution is 2.28. The summed E-state index contributed by atoms with van der Waals surface area (Å²) in [5.74, 6) is -0.653. The summed E-state index contributed by atoms with van der Waals surface area (Å²) >= 11 is 0. The molecule has 2 nitrogen and oxygen atoms in total. The van der Waals surface area contributed by atoms with Gasteiger partial charge < -0.3 is 5.11 Å². The molecular weight excluding hydrogens is 156 g/mol. The molecular formula is C8H18O2Si. The maximum absolute atomic E-state index is 10.4. The van der Waals surface area contributed by atoms with Crippen LogP contribution in [0.15, 0.2) is 0 Å². The van der Waals surface area contributed by atoms with E-state index in [-0.39, 0.29) is 0 Å². The third kappa shape index (κ3) is 4.19. The molecule has 0 aromatic rings. The molecule has 0 aliphatic heterocycles. The number of hydrogen-bond donors (Lipinski definition) is 1. The molecule has 0 heterocycles. The summed E-state index contributed by atoms with van der Waals surface area (Å²) in [4.78, 5) is 10.4. The van der Waals surface area contributed by atoms with Crippen molar-refractivity contribution in [3.63, 3.8) is 0 Å². The predicted molar refractivity (Wildman–Crippen MR) is 49.6 cm³/mol. The summed E-state index contributed by atoms with van der Waals surface area (Å²) < 4.78 is 0. The third-order valence-electron chi connectivity index (χ3n) is 2.14. The lowest BCUT2D eigenvalue weighted by Crippen LogP contribution is -2.29. The van der Waals surface area contributed by atoms with Gasteiger partial charge in [0.05, 0.1) is 0 Å². The van der Waals surface area contributed by atoms with Gasteiger partial charge in [-0.3, -0.25) is 4.79 Å². The van der Waals surface area contributed by atoms with E-state index >= 15 is 0 Å². The highest BCUT2D eigenvalue weighted by molar-refractivity contribution is 6.77. The minimum Gasteiger partial charge on any atom is -0.481 e. The van der Waals surface area contributed by atoms with Gasteiger partial charge in [0.2, 0.25) is 0 Å². The van der Waals surface area contributed by atoms with Crippen molar-refractivity contribution in [2.45, 2.75) is 44.9 Å². The smallest absolute Gasteiger partial charge is 0.303 e. The van der Waals surface area contributed by atoms with E-state index in [1.54, 1.807) is 0 Å². The Hall–Kier alpha value is -0.313. The van der Waals surface area contributed by atoms with E-state index in [0.717, 1.165) is 6.42 Å². The number of hydrogen-bond acceptors (Lipinski definition) is 1. The van der Waals surface area contributed by atoms with Gasteiger partial charge in [-0.15, -0.1) is 0 Å². The Kier molecular flexibility index (Phi) is 3.79. The average molecular weight is 174 g/mol. The zero-order chi connectivity index (χ0) is 9.07. The lowest BCUT2D eigenvalue weighted by molar-refractivity contribution is -0.137. The highest BCUT2D eigenvalue weighted by atomic mass is 28.3. The molecule has 0 aliphatic rings. The van der Waals surface area contributed by atoms with Crippen LogP contribution in [0.4, 0.5) is 0 Å². The Labute approximate surface area is 69.6 Å². The largest absolute Gasteiger partial charge is 0.481 e. The molecule has 3 heteroatoms. The lowest BCUT2D eigenvalue weighted by atomic mass is 10.2. The van der Waals surface area contributed by atoms with E-state index in [2.05, 4.69) is 26.6 Å². The lowest BCUT2D eigenvalue weighted by Gasteiger charge is -2.26. The van der Waals surface area contributed by atoms with Gasteiger partial charge in [-0.1, -0.05) is 33.0 Å². The van der Waals surface area contributed by atoms with Crippen molar-refractivity contribution in [2.75, 3.05) is 0 Å². The first-order valence-corrected chi connectivity index (χ1v) is 7.67. The van der Waals surface area contributed by atoms with Crippen molar-refractivity contribution >= 4 is 14.0 Å². The first kappa shape index (κ1) is 10.7. The van der Waals surface area contributed by atoms with Gasteiger partial charge in [0.15, 0.2) is 0 Å². The van der Waals surface area contributed by atoms with Gasteiger partial charge >= 0.3 is 5.97 Å². The molecule has 0 aromatic carbocycles. The third-order valence-corrected chi connectivity index (χ3v) is 5.20. The van der Waals surface area contributed by atoms with Crippen LogP contribution in [-0.2, 0) is 4.79 Å². The monoisotopic (exact) mass is 174 g/mol. The van der Waals surface area contributed by atoms with Crippen molar-refractivity contribution in [1.82, 2.24) is 0 Å². The van der Waals surface area contributed by atoms with Crippen LogP contribution in [0.5, 0.6) is 0 Å². The van der Waals surface area contributed by atoms with Crippen molar-refractivity contribution in [3.05, 3.63) is 0 Å². The van der Waals surface area contributed by atoms with Gasteiger partial charge in [0.25, 0.3) is 0 Å². The number of carboxylic acids is 1. The molecule has 0 bridgehead atoms. The van der Waals surface area contributed by atoms with Crippen LogP contribution in [0.25, 0.3) is 0 Å². The SMILES string of the molecule is CCC(CC(=O)O)[Si](C)(C)C. The molecule has 0 aliphatic carbocycles. The van der Waals surface area contributed by atoms with Crippen molar-refractivity contribution < 1.29 is 9.90 Å². The Balaban J connectivity index is 4.07. The van der Waals surface area contributed by atoms with Crippen LogP contribution < -0.4 is 0 Å². The molecule has 11 heavy (non-hydrogen) atoms. The van der Waals surface area contributed by atoms with Crippen LogP contribution in [0.2, 0.25) is 25.2 Å². The summed E-state index contributed by atoms with van der Waals surface area (Å²) in [5.41, 5.74) is 0.431. The van der Waals surface area contributed by atoms with E-state index in [0.29, 0.717) is 12.0 Å². The fourth-order valence-electron chi connectivity index (χ4n) is 1.27. The van der Waals surface area contributed by atoms with Gasteiger partial charge in [-0.25, -0.2) is 0 Å². The molecule has 0 fully saturated rings. The first-order valence-electron chi connectivity index (χ1n) is 4.09. The van der Waals surface area contributed by atoms with Crippen LogP contribution in [0, 0.1) is 0 Å². The molecule has 1 unspecified atom stereocenters. The summed E-state index contributed by atoms with van der Waals surface area (Å²) in [5, 5.41) is 8.60. The number of carbonyl (C=O) groups is 1. The molecule has 0 rings (SSSR count). The topological polar surface area (TPSA) is 37.3 Å². The van der Waals surface area contributed by atoms with Gasteiger partial charge in [-0.2, -0.15) is 0 Å². The van der Waals surface area contributed by atoms with Crippen molar-refractivity contribution in [2.24, 2.45) is 0 Å². The molecule has 0 saturated heterocycles. The highest BCUT2D eigenvalue weighted by Gasteiger charge is 2.26. The summed E-state index contributed by atoms with van der Waals surface area (Å²) in [6.45, 7) is 8.75. The number of rotatable bonds is 4. The number of aliphatic carboxylic acids is 1. The minimum absolute atomic E-state index is 0.353. The van der Waals surface area contributed by atoms with Gasteiger partial charge in [-0.05, 0) is 5.54 Å². The van der Waals surface area contributed by atoms with Crippen LogP contribution in [-0.4, -0.2) is 19.1 Å². The van der Waals surface area contributed by atoms with Crippen LogP contribution in [0.3, 0.4) is 0 Å². The molecule has 0 spiro atoms. The fourth-order valence-corrected chi connectivity index (χ4v) is 3.29. The number of carboxylic acid groups (broad SMARTS) is 1. The fraction of sp³-hybridized carbons (Fsp3) is 0.875. The molecule has 0 amide bonds. The molecule has 66 valence electrons. The van der Waals surface area contributed by atoms with Crippen LogP contribution >= 0.6 is 0 Å². The Morgan fingerprint density at radius 3 is 2.00 bits per heavy atom. The molecule has 0 aromatic heterocycles. The minimum atomic E-state index is -1.23. The maximum atomic E-state index is 10.4.